The Morgan fingerprint density at radius 3 is 2.50 bits per heavy atom. The Kier molecular flexibility index (Phi) is 4.21. The van der Waals surface area contributed by atoms with Crippen LogP contribution in [0.25, 0.3) is 0 Å². The zero-order valence-electron chi connectivity index (χ0n) is 11.9. The highest BCUT2D eigenvalue weighted by Crippen LogP contribution is 2.18. The summed E-state index contributed by atoms with van der Waals surface area (Å²) in [5.41, 5.74) is 1.26. The van der Waals surface area contributed by atoms with Crippen molar-refractivity contribution in [2.24, 2.45) is 5.92 Å². The lowest BCUT2D eigenvalue weighted by atomic mass is 9.98. The topological polar surface area (TPSA) is 35.6 Å². The monoisotopic (exact) mass is 273 g/mol. The second-order valence-electron chi connectivity index (χ2n) is 5.69. The summed E-state index contributed by atoms with van der Waals surface area (Å²) in [6.45, 7) is 5.50. The van der Waals surface area contributed by atoms with Gasteiger partial charge in [0.2, 0.25) is 5.91 Å². The van der Waals surface area contributed by atoms with E-state index in [2.05, 4.69) is 39.4 Å². The van der Waals surface area contributed by atoms with Crippen LogP contribution >= 0.6 is 0 Å². The number of benzene rings is 1. The van der Waals surface area contributed by atoms with E-state index < -0.39 is 0 Å². The third-order valence-electron chi connectivity index (χ3n) is 4.36. The number of piperidine rings is 1. The predicted molar refractivity (Wildman–Crippen MR) is 80.8 cm³/mol. The van der Waals surface area contributed by atoms with Crippen LogP contribution in [0.3, 0.4) is 0 Å². The number of nitrogens with zero attached hydrogens (tertiary/aromatic N) is 2. The molecule has 0 spiro atoms. The first-order chi connectivity index (χ1) is 9.84. The van der Waals surface area contributed by atoms with Crippen molar-refractivity contribution in [1.82, 2.24) is 10.2 Å². The Labute approximate surface area is 120 Å². The van der Waals surface area contributed by atoms with Gasteiger partial charge in [0, 0.05) is 38.4 Å². The van der Waals surface area contributed by atoms with Gasteiger partial charge in [-0.1, -0.05) is 18.2 Å². The first-order valence-corrected chi connectivity index (χ1v) is 7.64. The average molecular weight is 273 g/mol. The van der Waals surface area contributed by atoms with E-state index in [1.54, 1.807) is 0 Å². The highest BCUT2D eigenvalue weighted by atomic mass is 16.2. The maximum absolute atomic E-state index is 12.5. The second-order valence-corrected chi connectivity index (χ2v) is 5.69. The summed E-state index contributed by atoms with van der Waals surface area (Å²) in [4.78, 5) is 16.9. The van der Waals surface area contributed by atoms with Crippen molar-refractivity contribution in [2.45, 2.75) is 12.8 Å². The summed E-state index contributed by atoms with van der Waals surface area (Å²) in [5.74, 6) is 0.553. The number of rotatable bonds is 2. The predicted octanol–water partition coefficient (Wildman–Crippen LogP) is 1.33. The number of amides is 1. The van der Waals surface area contributed by atoms with Gasteiger partial charge in [0.15, 0.2) is 0 Å². The molecule has 2 aliphatic heterocycles. The van der Waals surface area contributed by atoms with E-state index in [0.29, 0.717) is 5.91 Å². The number of nitrogens with one attached hydrogen (secondary N) is 1. The van der Waals surface area contributed by atoms with Gasteiger partial charge in [-0.15, -0.1) is 0 Å². The zero-order chi connectivity index (χ0) is 13.8. The summed E-state index contributed by atoms with van der Waals surface area (Å²) < 4.78 is 0. The van der Waals surface area contributed by atoms with E-state index >= 15 is 0 Å². The number of hydrogen-bond acceptors (Lipinski definition) is 3. The van der Waals surface area contributed by atoms with Crippen LogP contribution in [0.2, 0.25) is 0 Å². The minimum Gasteiger partial charge on any atom is -0.368 e. The van der Waals surface area contributed by atoms with Crippen molar-refractivity contribution in [3.05, 3.63) is 30.3 Å². The Hall–Kier alpha value is -1.55. The second kappa shape index (κ2) is 6.27. The van der Waals surface area contributed by atoms with Crippen molar-refractivity contribution in [3.63, 3.8) is 0 Å². The van der Waals surface area contributed by atoms with Crippen LogP contribution < -0.4 is 10.2 Å². The molecule has 2 aliphatic rings. The first kappa shape index (κ1) is 13.4. The molecule has 1 N–H and O–H groups in total. The normalized spacial score (nSPS) is 23.7. The van der Waals surface area contributed by atoms with Crippen LogP contribution in [0.5, 0.6) is 0 Å². The van der Waals surface area contributed by atoms with Crippen LogP contribution in [-0.2, 0) is 4.79 Å². The van der Waals surface area contributed by atoms with Crippen molar-refractivity contribution < 1.29 is 4.79 Å². The number of carbonyl (C=O) groups excluding carboxylic acids is 1. The molecule has 4 nitrogen and oxygen atoms in total. The fraction of sp³-hybridized carbons (Fsp3) is 0.562. The molecular formula is C16H23N3O. The van der Waals surface area contributed by atoms with Gasteiger partial charge in [0.05, 0.1) is 5.92 Å². The van der Waals surface area contributed by atoms with E-state index in [0.717, 1.165) is 52.1 Å². The van der Waals surface area contributed by atoms with Gasteiger partial charge in [0.1, 0.15) is 0 Å². The average Bonchev–Trinajstić information content (AvgIpc) is 2.56. The molecule has 0 radical (unpaired) electrons. The van der Waals surface area contributed by atoms with Gasteiger partial charge < -0.3 is 15.1 Å². The molecule has 0 aromatic heterocycles. The molecule has 2 heterocycles. The van der Waals surface area contributed by atoms with E-state index in [-0.39, 0.29) is 5.92 Å². The largest absolute Gasteiger partial charge is 0.368 e. The summed E-state index contributed by atoms with van der Waals surface area (Å²) in [7, 11) is 0. The van der Waals surface area contributed by atoms with E-state index in [1.165, 1.54) is 5.69 Å². The lowest BCUT2D eigenvalue weighted by Gasteiger charge is -2.38. The maximum Gasteiger partial charge on any atom is 0.227 e. The first-order valence-electron chi connectivity index (χ1n) is 7.64. The molecule has 1 unspecified atom stereocenters. The summed E-state index contributed by atoms with van der Waals surface area (Å²) in [5, 5.41) is 3.33. The van der Waals surface area contributed by atoms with Crippen LogP contribution in [-0.4, -0.2) is 50.1 Å². The van der Waals surface area contributed by atoms with E-state index in [9.17, 15) is 4.79 Å². The van der Waals surface area contributed by atoms with Crippen LogP contribution in [0, 0.1) is 5.92 Å². The summed E-state index contributed by atoms with van der Waals surface area (Å²) in [6, 6.07) is 10.5. The minimum atomic E-state index is 0.201. The third-order valence-corrected chi connectivity index (χ3v) is 4.36. The van der Waals surface area contributed by atoms with Crippen LogP contribution in [0.4, 0.5) is 5.69 Å². The minimum absolute atomic E-state index is 0.201. The SMILES string of the molecule is O=C(C1CCCNC1)N1CCN(c2ccccc2)CC1. The number of anilines is 1. The molecule has 1 aromatic rings. The highest BCUT2D eigenvalue weighted by Gasteiger charge is 2.28. The van der Waals surface area contributed by atoms with E-state index in [1.807, 2.05) is 6.07 Å². The standard InChI is InChI=1S/C16H23N3O/c20-16(14-5-4-8-17-13-14)19-11-9-18(10-12-19)15-6-2-1-3-7-15/h1-3,6-7,14,17H,4-5,8-13H2. The molecule has 4 heteroatoms. The molecule has 0 saturated carbocycles. The molecule has 2 fully saturated rings. The van der Waals surface area contributed by atoms with Crippen LogP contribution in [0.15, 0.2) is 30.3 Å². The number of para-hydroxylation sites is 1. The van der Waals surface area contributed by atoms with E-state index in [4.69, 9.17) is 0 Å². The Bertz CT molecular complexity index is 434. The Morgan fingerprint density at radius 2 is 1.85 bits per heavy atom. The summed E-state index contributed by atoms with van der Waals surface area (Å²) >= 11 is 0. The number of hydrogen-bond donors (Lipinski definition) is 1. The molecular weight excluding hydrogens is 250 g/mol. The fourth-order valence-corrected chi connectivity index (χ4v) is 3.14. The molecule has 1 amide bonds. The molecule has 1 aromatic carbocycles. The zero-order valence-corrected chi connectivity index (χ0v) is 11.9. The highest BCUT2D eigenvalue weighted by molar-refractivity contribution is 5.79. The van der Waals surface area contributed by atoms with Crippen molar-refractivity contribution in [1.29, 1.82) is 0 Å². The lowest BCUT2D eigenvalue weighted by molar-refractivity contribution is -0.136. The molecule has 108 valence electrons. The van der Waals surface area contributed by atoms with Gasteiger partial charge >= 0.3 is 0 Å². The Morgan fingerprint density at radius 1 is 1.10 bits per heavy atom. The lowest BCUT2D eigenvalue weighted by Crippen LogP contribution is -2.52. The number of piperazine rings is 1. The molecule has 2 saturated heterocycles. The fourth-order valence-electron chi connectivity index (χ4n) is 3.14. The quantitative estimate of drug-likeness (QED) is 0.883. The smallest absolute Gasteiger partial charge is 0.227 e. The van der Waals surface area contributed by atoms with Crippen LogP contribution in [0.1, 0.15) is 12.8 Å². The van der Waals surface area contributed by atoms with Crippen molar-refractivity contribution in [3.8, 4) is 0 Å². The Balaban J connectivity index is 1.54. The summed E-state index contributed by atoms with van der Waals surface area (Å²) in [6.07, 6.45) is 2.17. The maximum atomic E-state index is 12.5. The molecule has 3 rings (SSSR count). The van der Waals surface area contributed by atoms with Gasteiger partial charge in [-0.3, -0.25) is 4.79 Å². The van der Waals surface area contributed by atoms with Gasteiger partial charge in [0.25, 0.3) is 0 Å². The van der Waals surface area contributed by atoms with Gasteiger partial charge in [-0.2, -0.15) is 0 Å². The molecule has 0 bridgehead atoms. The van der Waals surface area contributed by atoms with Crippen molar-refractivity contribution >= 4 is 11.6 Å². The number of carbonyl (C=O) groups is 1. The molecule has 0 aliphatic carbocycles. The van der Waals surface area contributed by atoms with Gasteiger partial charge in [-0.25, -0.2) is 0 Å². The molecule has 1 atom stereocenters. The van der Waals surface area contributed by atoms with Crippen molar-refractivity contribution in [2.75, 3.05) is 44.2 Å². The molecule has 20 heavy (non-hydrogen) atoms. The van der Waals surface area contributed by atoms with Gasteiger partial charge in [-0.05, 0) is 31.5 Å². The third kappa shape index (κ3) is 2.96.